The molecule has 0 aliphatic rings. The van der Waals surface area contributed by atoms with E-state index in [2.05, 4.69) is 20.7 Å². The Labute approximate surface area is 90.7 Å². The Kier molecular flexibility index (Phi) is 2.63. The molecular formula is C10H9FN4O. The zero-order valence-electron chi connectivity index (χ0n) is 8.49. The molecule has 0 saturated carbocycles. The normalized spacial score (nSPS) is 10.1. The highest BCUT2D eigenvalue weighted by molar-refractivity contribution is 6.02. The fourth-order valence-corrected chi connectivity index (χ4v) is 1.23. The summed E-state index contributed by atoms with van der Waals surface area (Å²) >= 11 is 0. The van der Waals surface area contributed by atoms with Crippen LogP contribution in [0.3, 0.4) is 0 Å². The standard InChI is InChI=1S/C10H9FN4O/c1-6-2-3-7(11)8(4-6)13-10(16)9-5-12-15-14-9/h2-5H,1H3,(H,13,16)(H,12,14,15). The molecule has 2 aromatic rings. The van der Waals surface area contributed by atoms with Crippen LogP contribution < -0.4 is 5.32 Å². The molecule has 0 radical (unpaired) electrons. The first-order chi connectivity index (χ1) is 7.66. The van der Waals surface area contributed by atoms with E-state index in [-0.39, 0.29) is 11.4 Å². The molecule has 0 bridgehead atoms. The number of hydrogen-bond acceptors (Lipinski definition) is 3. The van der Waals surface area contributed by atoms with Crippen LogP contribution in [0.4, 0.5) is 10.1 Å². The van der Waals surface area contributed by atoms with Crippen LogP contribution in [0.5, 0.6) is 0 Å². The van der Waals surface area contributed by atoms with Crippen molar-refractivity contribution in [1.29, 1.82) is 0 Å². The van der Waals surface area contributed by atoms with Gasteiger partial charge in [-0.15, -0.1) is 0 Å². The van der Waals surface area contributed by atoms with E-state index in [0.29, 0.717) is 0 Å². The van der Waals surface area contributed by atoms with Crippen molar-refractivity contribution in [3.8, 4) is 0 Å². The van der Waals surface area contributed by atoms with Gasteiger partial charge in [-0.3, -0.25) is 4.79 Å². The number of benzene rings is 1. The number of anilines is 1. The summed E-state index contributed by atoms with van der Waals surface area (Å²) < 4.78 is 13.3. The van der Waals surface area contributed by atoms with Crippen molar-refractivity contribution < 1.29 is 9.18 Å². The van der Waals surface area contributed by atoms with Gasteiger partial charge in [0.25, 0.3) is 5.91 Å². The Balaban J connectivity index is 2.21. The van der Waals surface area contributed by atoms with Gasteiger partial charge in [-0.05, 0) is 24.6 Å². The van der Waals surface area contributed by atoms with E-state index < -0.39 is 11.7 Å². The molecule has 1 amide bonds. The van der Waals surface area contributed by atoms with Gasteiger partial charge in [-0.25, -0.2) is 4.39 Å². The van der Waals surface area contributed by atoms with Crippen LogP contribution in [-0.2, 0) is 0 Å². The first kappa shape index (κ1) is 10.3. The zero-order chi connectivity index (χ0) is 11.5. The predicted molar refractivity (Wildman–Crippen MR) is 55.5 cm³/mol. The number of aromatic nitrogens is 3. The van der Waals surface area contributed by atoms with Gasteiger partial charge in [0.1, 0.15) is 5.82 Å². The lowest BCUT2D eigenvalue weighted by molar-refractivity contribution is 0.102. The van der Waals surface area contributed by atoms with E-state index in [4.69, 9.17) is 0 Å². The first-order valence-electron chi connectivity index (χ1n) is 4.60. The van der Waals surface area contributed by atoms with Crippen LogP contribution in [0.15, 0.2) is 24.4 Å². The molecule has 1 heterocycles. The van der Waals surface area contributed by atoms with Gasteiger partial charge >= 0.3 is 0 Å². The summed E-state index contributed by atoms with van der Waals surface area (Å²) in [5.41, 5.74) is 1.10. The lowest BCUT2D eigenvalue weighted by Gasteiger charge is -2.05. The van der Waals surface area contributed by atoms with Gasteiger partial charge < -0.3 is 5.32 Å². The summed E-state index contributed by atoms with van der Waals surface area (Å²) in [6.07, 6.45) is 1.27. The number of amides is 1. The van der Waals surface area contributed by atoms with E-state index in [9.17, 15) is 9.18 Å². The third-order valence-corrected chi connectivity index (χ3v) is 2.02. The molecule has 16 heavy (non-hydrogen) atoms. The number of rotatable bonds is 2. The molecule has 0 aliphatic heterocycles. The fraction of sp³-hybridized carbons (Fsp3) is 0.100. The van der Waals surface area contributed by atoms with Crippen molar-refractivity contribution in [2.75, 3.05) is 5.32 Å². The van der Waals surface area contributed by atoms with Gasteiger partial charge in [0.2, 0.25) is 0 Å². The largest absolute Gasteiger partial charge is 0.318 e. The monoisotopic (exact) mass is 220 g/mol. The van der Waals surface area contributed by atoms with E-state index in [1.165, 1.54) is 12.3 Å². The van der Waals surface area contributed by atoms with E-state index in [0.717, 1.165) is 5.56 Å². The molecule has 1 aromatic heterocycles. The van der Waals surface area contributed by atoms with Gasteiger partial charge in [-0.2, -0.15) is 15.4 Å². The fourth-order valence-electron chi connectivity index (χ4n) is 1.23. The van der Waals surface area contributed by atoms with Crippen molar-refractivity contribution in [3.63, 3.8) is 0 Å². The minimum Gasteiger partial charge on any atom is -0.318 e. The van der Waals surface area contributed by atoms with Crippen LogP contribution in [-0.4, -0.2) is 21.3 Å². The summed E-state index contributed by atoms with van der Waals surface area (Å²) in [5.74, 6) is -0.985. The summed E-state index contributed by atoms with van der Waals surface area (Å²) in [5, 5.41) is 11.8. The Morgan fingerprint density at radius 3 is 3.00 bits per heavy atom. The smallest absolute Gasteiger partial charge is 0.277 e. The molecule has 0 unspecified atom stereocenters. The summed E-state index contributed by atoms with van der Waals surface area (Å²) in [6.45, 7) is 1.81. The van der Waals surface area contributed by atoms with Crippen LogP contribution in [0, 0.1) is 12.7 Å². The van der Waals surface area contributed by atoms with Crippen molar-refractivity contribution in [3.05, 3.63) is 41.5 Å². The molecule has 0 spiro atoms. The lowest BCUT2D eigenvalue weighted by Crippen LogP contribution is -2.13. The second kappa shape index (κ2) is 4.09. The maximum atomic E-state index is 13.3. The minimum atomic E-state index is -0.502. The summed E-state index contributed by atoms with van der Waals surface area (Å²) in [6, 6.07) is 4.47. The predicted octanol–water partition coefficient (Wildman–Crippen LogP) is 1.50. The van der Waals surface area contributed by atoms with Gasteiger partial charge in [-0.1, -0.05) is 6.07 Å². The second-order valence-corrected chi connectivity index (χ2v) is 3.29. The van der Waals surface area contributed by atoms with E-state index in [1.54, 1.807) is 12.1 Å². The molecule has 2 rings (SSSR count). The van der Waals surface area contributed by atoms with Crippen LogP contribution in [0.25, 0.3) is 0 Å². The molecule has 2 N–H and O–H groups in total. The van der Waals surface area contributed by atoms with Crippen molar-refractivity contribution in [2.24, 2.45) is 0 Å². The number of aromatic amines is 1. The van der Waals surface area contributed by atoms with Crippen molar-refractivity contribution in [1.82, 2.24) is 15.4 Å². The number of H-pyrrole nitrogens is 1. The maximum absolute atomic E-state index is 13.3. The Bertz CT molecular complexity index is 510. The number of halogens is 1. The van der Waals surface area contributed by atoms with Crippen LogP contribution in [0.2, 0.25) is 0 Å². The highest BCUT2D eigenvalue weighted by atomic mass is 19.1. The maximum Gasteiger partial charge on any atom is 0.277 e. The SMILES string of the molecule is Cc1ccc(F)c(NC(=O)c2cn[nH]n2)c1. The Morgan fingerprint density at radius 1 is 1.50 bits per heavy atom. The number of carbonyl (C=O) groups is 1. The Hall–Kier alpha value is -2.24. The number of aryl methyl sites for hydroxylation is 1. The highest BCUT2D eigenvalue weighted by Crippen LogP contribution is 2.16. The molecule has 6 heteroatoms. The van der Waals surface area contributed by atoms with Gasteiger partial charge in [0, 0.05) is 0 Å². The molecule has 0 fully saturated rings. The molecule has 5 nitrogen and oxygen atoms in total. The number of carbonyl (C=O) groups excluding carboxylic acids is 1. The average molecular weight is 220 g/mol. The summed E-state index contributed by atoms with van der Waals surface area (Å²) in [7, 11) is 0. The molecule has 0 atom stereocenters. The zero-order valence-corrected chi connectivity index (χ0v) is 8.49. The third kappa shape index (κ3) is 2.05. The number of nitrogens with zero attached hydrogens (tertiary/aromatic N) is 2. The van der Waals surface area contributed by atoms with Gasteiger partial charge in [0.05, 0.1) is 11.9 Å². The van der Waals surface area contributed by atoms with Crippen LogP contribution >= 0.6 is 0 Å². The van der Waals surface area contributed by atoms with Crippen LogP contribution in [0.1, 0.15) is 16.1 Å². The lowest BCUT2D eigenvalue weighted by atomic mass is 10.2. The molecule has 0 aliphatic carbocycles. The highest BCUT2D eigenvalue weighted by Gasteiger charge is 2.11. The number of hydrogen-bond donors (Lipinski definition) is 2. The quantitative estimate of drug-likeness (QED) is 0.805. The minimum absolute atomic E-state index is 0.112. The van der Waals surface area contributed by atoms with Gasteiger partial charge in [0.15, 0.2) is 5.69 Å². The molecule has 82 valence electrons. The Morgan fingerprint density at radius 2 is 2.31 bits per heavy atom. The number of nitrogens with one attached hydrogen (secondary N) is 2. The van der Waals surface area contributed by atoms with E-state index >= 15 is 0 Å². The molecular weight excluding hydrogens is 211 g/mol. The van der Waals surface area contributed by atoms with Crippen molar-refractivity contribution in [2.45, 2.75) is 6.92 Å². The van der Waals surface area contributed by atoms with Crippen molar-refractivity contribution >= 4 is 11.6 Å². The average Bonchev–Trinajstić information content (AvgIpc) is 2.76. The molecule has 0 saturated heterocycles. The molecule has 1 aromatic carbocycles. The van der Waals surface area contributed by atoms with E-state index in [1.807, 2.05) is 6.92 Å². The second-order valence-electron chi connectivity index (χ2n) is 3.29. The topological polar surface area (TPSA) is 70.7 Å². The first-order valence-corrected chi connectivity index (χ1v) is 4.60. The third-order valence-electron chi connectivity index (χ3n) is 2.02. The summed E-state index contributed by atoms with van der Waals surface area (Å²) in [4.78, 5) is 11.5.